The van der Waals surface area contributed by atoms with Crippen LogP contribution in [-0.4, -0.2) is 12.0 Å². The van der Waals surface area contributed by atoms with Crippen molar-refractivity contribution < 1.29 is 14.1 Å². The van der Waals surface area contributed by atoms with Crippen LogP contribution in [0.4, 0.5) is 15.8 Å². The molecule has 2 aromatic carbocycles. The third-order valence-electron chi connectivity index (χ3n) is 2.73. The molecule has 0 heterocycles. The Labute approximate surface area is 119 Å². The molecule has 0 radical (unpaired) electrons. The van der Waals surface area contributed by atoms with Gasteiger partial charge in [-0.1, -0.05) is 6.07 Å². The Bertz CT molecular complexity index is 741. The largest absolute Gasteiger partial charge is 0.447 e. The van der Waals surface area contributed by atoms with Crippen molar-refractivity contribution in [2.45, 2.75) is 0 Å². The molecule has 0 aliphatic carbocycles. The predicted molar refractivity (Wildman–Crippen MR) is 73.8 cm³/mol. The Hall–Kier alpha value is -3.14. The van der Waals surface area contributed by atoms with E-state index in [4.69, 9.17) is 10.00 Å². The monoisotopic (exact) mass is 287 g/mol. The van der Waals surface area contributed by atoms with Crippen LogP contribution in [-0.2, 0) is 0 Å². The minimum Gasteiger partial charge on any atom is -0.447 e. The van der Waals surface area contributed by atoms with Crippen LogP contribution < -0.4 is 10.1 Å². The summed E-state index contributed by atoms with van der Waals surface area (Å²) in [5.74, 6) is -1.04. The van der Waals surface area contributed by atoms with Gasteiger partial charge in [-0.25, -0.2) is 4.39 Å². The molecule has 0 bridgehead atoms. The number of halogens is 1. The lowest BCUT2D eigenvalue weighted by molar-refractivity contribution is -0.384. The highest BCUT2D eigenvalue weighted by atomic mass is 19.1. The predicted octanol–water partition coefficient (Wildman–Crippen LogP) is 3.44. The standard InChI is InChI=1S/C14H10FN3O3/c1-17-11-3-2-4-13(14(11)18(19)20)21-12-6-5-9(8-16)7-10(12)15/h2-7,17H,1H3. The molecule has 0 aliphatic rings. The summed E-state index contributed by atoms with van der Waals surface area (Å²) in [6.07, 6.45) is 0. The highest BCUT2D eigenvalue weighted by Gasteiger charge is 2.21. The molecule has 0 fully saturated rings. The zero-order valence-electron chi connectivity index (χ0n) is 11.0. The van der Waals surface area contributed by atoms with E-state index in [0.717, 1.165) is 6.07 Å². The van der Waals surface area contributed by atoms with Gasteiger partial charge in [-0.05, 0) is 30.3 Å². The number of nitrogens with zero attached hydrogens (tertiary/aromatic N) is 2. The quantitative estimate of drug-likeness (QED) is 0.687. The molecule has 106 valence electrons. The lowest BCUT2D eigenvalue weighted by atomic mass is 10.2. The summed E-state index contributed by atoms with van der Waals surface area (Å²) in [5, 5.41) is 22.5. The summed E-state index contributed by atoms with van der Waals surface area (Å²) < 4.78 is 19.1. The van der Waals surface area contributed by atoms with Gasteiger partial charge in [0.2, 0.25) is 5.75 Å². The summed E-state index contributed by atoms with van der Waals surface area (Å²) >= 11 is 0. The van der Waals surface area contributed by atoms with E-state index in [9.17, 15) is 14.5 Å². The van der Waals surface area contributed by atoms with E-state index in [-0.39, 0.29) is 28.4 Å². The van der Waals surface area contributed by atoms with E-state index in [2.05, 4.69) is 5.32 Å². The van der Waals surface area contributed by atoms with Crippen LogP contribution in [0.25, 0.3) is 0 Å². The summed E-state index contributed by atoms with van der Waals surface area (Å²) in [6, 6.07) is 9.85. The van der Waals surface area contributed by atoms with Crippen molar-refractivity contribution in [1.29, 1.82) is 5.26 Å². The second kappa shape index (κ2) is 5.88. The third-order valence-corrected chi connectivity index (χ3v) is 2.73. The van der Waals surface area contributed by atoms with Crippen molar-refractivity contribution in [2.24, 2.45) is 0 Å². The van der Waals surface area contributed by atoms with Gasteiger partial charge in [-0.3, -0.25) is 10.1 Å². The average molecular weight is 287 g/mol. The second-order valence-corrected chi connectivity index (χ2v) is 4.02. The first kappa shape index (κ1) is 14.3. The van der Waals surface area contributed by atoms with Gasteiger partial charge in [-0.2, -0.15) is 5.26 Å². The van der Waals surface area contributed by atoms with E-state index >= 15 is 0 Å². The molecular formula is C14H10FN3O3. The van der Waals surface area contributed by atoms with Crippen LogP contribution in [0.3, 0.4) is 0 Å². The second-order valence-electron chi connectivity index (χ2n) is 4.02. The molecule has 0 atom stereocenters. The molecule has 0 aromatic heterocycles. The molecule has 0 saturated heterocycles. The van der Waals surface area contributed by atoms with Crippen molar-refractivity contribution in [1.82, 2.24) is 0 Å². The molecule has 0 aliphatic heterocycles. The van der Waals surface area contributed by atoms with Crippen LogP contribution in [0.2, 0.25) is 0 Å². The first-order valence-corrected chi connectivity index (χ1v) is 5.89. The Morgan fingerprint density at radius 1 is 1.33 bits per heavy atom. The number of hydrogen-bond donors (Lipinski definition) is 1. The van der Waals surface area contributed by atoms with E-state index in [0.29, 0.717) is 0 Å². The van der Waals surface area contributed by atoms with Gasteiger partial charge >= 0.3 is 5.69 Å². The maximum absolute atomic E-state index is 13.8. The first-order valence-electron chi connectivity index (χ1n) is 5.89. The van der Waals surface area contributed by atoms with Crippen LogP contribution in [0.15, 0.2) is 36.4 Å². The smallest absolute Gasteiger partial charge is 0.334 e. The van der Waals surface area contributed by atoms with Crippen molar-refractivity contribution in [3.63, 3.8) is 0 Å². The Kier molecular flexibility index (Phi) is 4.00. The van der Waals surface area contributed by atoms with Crippen molar-refractivity contribution in [3.05, 3.63) is 57.9 Å². The summed E-state index contributed by atoms with van der Waals surface area (Å²) in [7, 11) is 1.54. The number of nitrogens with one attached hydrogen (secondary N) is 1. The Morgan fingerprint density at radius 2 is 2.10 bits per heavy atom. The number of anilines is 1. The average Bonchev–Trinajstić information content (AvgIpc) is 2.48. The number of benzene rings is 2. The maximum atomic E-state index is 13.8. The highest BCUT2D eigenvalue weighted by Crippen LogP contribution is 2.37. The van der Waals surface area contributed by atoms with Crippen molar-refractivity contribution in [3.8, 4) is 17.6 Å². The number of ether oxygens (including phenoxy) is 1. The van der Waals surface area contributed by atoms with Crippen LogP contribution in [0.1, 0.15) is 5.56 Å². The molecular weight excluding hydrogens is 277 g/mol. The van der Waals surface area contributed by atoms with Crippen LogP contribution in [0.5, 0.6) is 11.5 Å². The minimum absolute atomic E-state index is 0.0875. The zero-order valence-corrected chi connectivity index (χ0v) is 11.0. The number of nitriles is 1. The lowest BCUT2D eigenvalue weighted by Crippen LogP contribution is -1.99. The SMILES string of the molecule is CNc1cccc(Oc2ccc(C#N)cc2F)c1[N+](=O)[O-]. The third kappa shape index (κ3) is 2.90. The molecule has 0 spiro atoms. The van der Waals surface area contributed by atoms with E-state index in [1.165, 1.54) is 31.3 Å². The van der Waals surface area contributed by atoms with Crippen molar-refractivity contribution >= 4 is 11.4 Å². The first-order chi connectivity index (χ1) is 10.1. The number of nitro groups is 1. The molecule has 2 rings (SSSR count). The minimum atomic E-state index is -0.766. The molecule has 1 N–H and O–H groups in total. The van der Waals surface area contributed by atoms with Gasteiger partial charge < -0.3 is 10.1 Å². The molecule has 6 nitrogen and oxygen atoms in total. The van der Waals surface area contributed by atoms with Gasteiger partial charge in [0, 0.05) is 7.05 Å². The lowest BCUT2D eigenvalue weighted by Gasteiger charge is -2.09. The van der Waals surface area contributed by atoms with Gasteiger partial charge in [0.1, 0.15) is 5.69 Å². The topological polar surface area (TPSA) is 88.2 Å². The Balaban J connectivity index is 2.45. The van der Waals surface area contributed by atoms with Crippen LogP contribution >= 0.6 is 0 Å². The number of nitro benzene ring substituents is 1. The molecule has 0 unspecified atom stereocenters. The van der Waals surface area contributed by atoms with E-state index < -0.39 is 10.7 Å². The van der Waals surface area contributed by atoms with E-state index in [1.807, 2.05) is 0 Å². The van der Waals surface area contributed by atoms with Gasteiger partial charge in [0.25, 0.3) is 0 Å². The number of para-hydroxylation sites is 1. The number of hydrogen-bond acceptors (Lipinski definition) is 5. The summed E-state index contributed by atoms with van der Waals surface area (Å²) in [5.41, 5.74) is 0.105. The van der Waals surface area contributed by atoms with Gasteiger partial charge in [-0.15, -0.1) is 0 Å². The van der Waals surface area contributed by atoms with Gasteiger partial charge in [0.15, 0.2) is 11.6 Å². The molecule has 0 amide bonds. The zero-order chi connectivity index (χ0) is 15.4. The highest BCUT2D eigenvalue weighted by molar-refractivity contribution is 5.68. The van der Waals surface area contributed by atoms with E-state index in [1.54, 1.807) is 12.1 Å². The molecule has 21 heavy (non-hydrogen) atoms. The summed E-state index contributed by atoms with van der Waals surface area (Å²) in [6.45, 7) is 0. The molecule has 7 heteroatoms. The van der Waals surface area contributed by atoms with Crippen LogP contribution in [0, 0.1) is 27.3 Å². The fraction of sp³-hybridized carbons (Fsp3) is 0.0714. The fourth-order valence-electron chi connectivity index (χ4n) is 1.77. The summed E-state index contributed by atoms with van der Waals surface area (Å²) in [4.78, 5) is 10.5. The molecule has 2 aromatic rings. The normalized spacial score (nSPS) is 9.76. The fourth-order valence-corrected chi connectivity index (χ4v) is 1.77. The maximum Gasteiger partial charge on any atom is 0.334 e. The Morgan fingerprint density at radius 3 is 2.67 bits per heavy atom. The number of rotatable bonds is 4. The van der Waals surface area contributed by atoms with Gasteiger partial charge in [0.05, 0.1) is 16.6 Å². The van der Waals surface area contributed by atoms with Crippen molar-refractivity contribution in [2.75, 3.05) is 12.4 Å². The molecule has 0 saturated carbocycles.